The quantitative estimate of drug-likeness (QED) is 0.778. The molecule has 0 fully saturated rings. The van der Waals surface area contributed by atoms with Gasteiger partial charge in [-0.05, 0) is 18.2 Å². The fourth-order valence-corrected chi connectivity index (χ4v) is 3.57. The van der Waals surface area contributed by atoms with Gasteiger partial charge in [-0.15, -0.1) is 0 Å². The zero-order valence-electron chi connectivity index (χ0n) is 10.5. The van der Waals surface area contributed by atoms with Gasteiger partial charge in [0.2, 0.25) is 11.8 Å². The Morgan fingerprint density at radius 1 is 1.24 bits per heavy atom. The number of sulfonamides is 1. The number of aromatic nitrogens is 2. The first kappa shape index (κ1) is 16.3. The molecule has 0 unspecified atom stereocenters. The molecule has 21 heavy (non-hydrogen) atoms. The second-order valence-electron chi connectivity index (χ2n) is 3.74. The highest BCUT2D eigenvalue weighted by molar-refractivity contribution is 9.10. The molecule has 6 nitrogen and oxygen atoms in total. The van der Waals surface area contributed by atoms with E-state index in [1.54, 1.807) is 6.07 Å². The Balaban J connectivity index is 2.39. The summed E-state index contributed by atoms with van der Waals surface area (Å²) >= 11 is 14.9. The summed E-state index contributed by atoms with van der Waals surface area (Å²) in [6.07, 6.45) is 0. The van der Waals surface area contributed by atoms with Crippen molar-refractivity contribution in [1.82, 2.24) is 9.97 Å². The molecular formula is C11H8BrCl2N3O3S. The molecule has 2 aromatic rings. The fourth-order valence-electron chi connectivity index (χ4n) is 1.42. The molecule has 1 aromatic heterocycles. The van der Waals surface area contributed by atoms with E-state index in [0.717, 1.165) is 0 Å². The average molecular weight is 413 g/mol. The van der Waals surface area contributed by atoms with E-state index < -0.39 is 10.0 Å². The van der Waals surface area contributed by atoms with Crippen molar-refractivity contribution in [1.29, 1.82) is 0 Å². The molecular weight excluding hydrogens is 405 g/mol. The maximum Gasteiger partial charge on any atom is 0.265 e. The summed E-state index contributed by atoms with van der Waals surface area (Å²) in [5.41, 5.74) is 0. The standard InChI is InChI=1S/C11H8BrCl2N3O3S/c1-20-10-5-9(14)15-11(16-10)17-21(18,19)8-3-2-6(12)4-7(8)13/h2-5H,1H3,(H,15,16,17). The molecule has 1 N–H and O–H groups in total. The molecule has 0 spiro atoms. The number of hydrogen-bond donors (Lipinski definition) is 1. The van der Waals surface area contributed by atoms with Gasteiger partial charge in [0.15, 0.2) is 0 Å². The van der Waals surface area contributed by atoms with Gasteiger partial charge in [0.1, 0.15) is 10.0 Å². The number of ether oxygens (including phenoxy) is 1. The topological polar surface area (TPSA) is 81.2 Å². The summed E-state index contributed by atoms with van der Waals surface area (Å²) in [5.74, 6) is -0.0760. The van der Waals surface area contributed by atoms with Crippen LogP contribution in [0.4, 0.5) is 5.95 Å². The first-order valence-electron chi connectivity index (χ1n) is 5.38. The van der Waals surface area contributed by atoms with Crippen LogP contribution in [0, 0.1) is 0 Å². The van der Waals surface area contributed by atoms with Crippen LogP contribution in [0.25, 0.3) is 0 Å². The number of nitrogens with one attached hydrogen (secondary N) is 1. The Hall–Kier alpha value is -1.09. The first-order chi connectivity index (χ1) is 9.81. The van der Waals surface area contributed by atoms with E-state index in [0.29, 0.717) is 4.47 Å². The van der Waals surface area contributed by atoms with Crippen molar-refractivity contribution < 1.29 is 13.2 Å². The van der Waals surface area contributed by atoms with Gasteiger partial charge in [0.05, 0.1) is 12.1 Å². The lowest BCUT2D eigenvalue weighted by molar-refractivity contribution is 0.397. The van der Waals surface area contributed by atoms with E-state index in [2.05, 4.69) is 30.6 Å². The van der Waals surface area contributed by atoms with Crippen LogP contribution in [0.2, 0.25) is 10.2 Å². The van der Waals surface area contributed by atoms with Gasteiger partial charge in [0.25, 0.3) is 10.0 Å². The van der Waals surface area contributed by atoms with Crippen LogP contribution >= 0.6 is 39.1 Å². The number of anilines is 1. The number of methoxy groups -OCH3 is 1. The molecule has 0 aliphatic rings. The summed E-state index contributed by atoms with van der Waals surface area (Å²) in [4.78, 5) is 7.52. The van der Waals surface area contributed by atoms with E-state index in [-0.39, 0.29) is 26.9 Å². The third-order valence-electron chi connectivity index (χ3n) is 2.29. The molecule has 2 rings (SSSR count). The Morgan fingerprint density at radius 2 is 1.95 bits per heavy atom. The third kappa shape index (κ3) is 3.97. The van der Waals surface area contributed by atoms with Crippen LogP contribution in [-0.2, 0) is 10.0 Å². The van der Waals surface area contributed by atoms with Crippen molar-refractivity contribution in [2.45, 2.75) is 4.90 Å². The summed E-state index contributed by atoms with van der Waals surface area (Å²) in [7, 11) is -2.57. The van der Waals surface area contributed by atoms with Gasteiger partial charge in [-0.3, -0.25) is 0 Å². The lowest BCUT2D eigenvalue weighted by Gasteiger charge is -2.09. The monoisotopic (exact) mass is 411 g/mol. The van der Waals surface area contributed by atoms with Crippen LogP contribution in [-0.4, -0.2) is 25.5 Å². The summed E-state index contributed by atoms with van der Waals surface area (Å²) in [5, 5.41) is 0.104. The van der Waals surface area contributed by atoms with Crippen molar-refractivity contribution in [2.75, 3.05) is 11.8 Å². The predicted octanol–water partition coefficient (Wildman–Crippen LogP) is 3.36. The third-order valence-corrected chi connectivity index (χ3v) is 4.79. The highest BCUT2D eigenvalue weighted by Gasteiger charge is 2.20. The number of hydrogen-bond acceptors (Lipinski definition) is 5. The minimum atomic E-state index is -3.94. The minimum Gasteiger partial charge on any atom is -0.481 e. The van der Waals surface area contributed by atoms with E-state index in [1.165, 1.54) is 25.3 Å². The minimum absolute atomic E-state index is 0.0430. The number of rotatable bonds is 4. The Bertz CT molecular complexity index is 786. The largest absolute Gasteiger partial charge is 0.481 e. The molecule has 0 aliphatic carbocycles. The van der Waals surface area contributed by atoms with Crippen molar-refractivity contribution in [3.05, 3.63) is 38.9 Å². The summed E-state index contributed by atoms with van der Waals surface area (Å²) in [6.45, 7) is 0. The van der Waals surface area contributed by atoms with Crippen molar-refractivity contribution in [2.24, 2.45) is 0 Å². The molecule has 0 saturated carbocycles. The van der Waals surface area contributed by atoms with E-state index in [9.17, 15) is 8.42 Å². The maximum atomic E-state index is 12.3. The molecule has 1 heterocycles. The number of benzene rings is 1. The molecule has 0 aliphatic heterocycles. The zero-order valence-corrected chi connectivity index (χ0v) is 14.4. The van der Waals surface area contributed by atoms with Crippen LogP contribution in [0.3, 0.4) is 0 Å². The molecule has 0 atom stereocenters. The van der Waals surface area contributed by atoms with Gasteiger partial charge in [0, 0.05) is 10.5 Å². The normalized spacial score (nSPS) is 11.2. The summed E-state index contributed by atoms with van der Waals surface area (Å²) < 4.78 is 32.3. The first-order valence-corrected chi connectivity index (χ1v) is 8.41. The maximum absolute atomic E-state index is 12.3. The molecule has 0 bridgehead atoms. The van der Waals surface area contributed by atoms with Crippen molar-refractivity contribution in [3.8, 4) is 5.88 Å². The van der Waals surface area contributed by atoms with Gasteiger partial charge in [-0.25, -0.2) is 18.1 Å². The predicted molar refractivity (Wildman–Crippen MR) is 83.6 cm³/mol. The van der Waals surface area contributed by atoms with Crippen LogP contribution in [0.1, 0.15) is 0 Å². The SMILES string of the molecule is COc1cc(Cl)nc(NS(=O)(=O)c2ccc(Br)cc2Cl)n1. The molecule has 112 valence electrons. The molecule has 0 amide bonds. The van der Waals surface area contributed by atoms with Crippen molar-refractivity contribution >= 4 is 55.1 Å². The number of nitrogens with zero attached hydrogens (tertiary/aromatic N) is 2. The fraction of sp³-hybridized carbons (Fsp3) is 0.0909. The molecule has 0 saturated heterocycles. The average Bonchev–Trinajstić information content (AvgIpc) is 2.36. The lowest BCUT2D eigenvalue weighted by atomic mass is 10.4. The number of halogens is 3. The zero-order chi connectivity index (χ0) is 15.6. The van der Waals surface area contributed by atoms with Crippen LogP contribution in [0.5, 0.6) is 5.88 Å². The Morgan fingerprint density at radius 3 is 2.57 bits per heavy atom. The molecule has 1 aromatic carbocycles. The molecule has 10 heteroatoms. The highest BCUT2D eigenvalue weighted by atomic mass is 79.9. The van der Waals surface area contributed by atoms with E-state index in [4.69, 9.17) is 27.9 Å². The van der Waals surface area contributed by atoms with E-state index in [1.807, 2.05) is 0 Å². The lowest BCUT2D eigenvalue weighted by Crippen LogP contribution is -2.15. The van der Waals surface area contributed by atoms with Crippen LogP contribution in [0.15, 0.2) is 33.6 Å². The highest BCUT2D eigenvalue weighted by Crippen LogP contribution is 2.27. The summed E-state index contributed by atoms with van der Waals surface area (Å²) in [6, 6.07) is 5.73. The van der Waals surface area contributed by atoms with Crippen molar-refractivity contribution in [3.63, 3.8) is 0 Å². The smallest absolute Gasteiger partial charge is 0.265 e. The van der Waals surface area contributed by atoms with Gasteiger partial charge >= 0.3 is 0 Å². The Kier molecular flexibility index (Phi) is 4.92. The van der Waals surface area contributed by atoms with Gasteiger partial charge in [-0.2, -0.15) is 4.98 Å². The van der Waals surface area contributed by atoms with Crippen LogP contribution < -0.4 is 9.46 Å². The Labute approximate surface area is 139 Å². The molecule has 0 radical (unpaired) electrons. The second kappa shape index (κ2) is 6.35. The van der Waals surface area contributed by atoms with Gasteiger partial charge < -0.3 is 4.74 Å². The van der Waals surface area contributed by atoms with E-state index >= 15 is 0 Å². The van der Waals surface area contributed by atoms with Gasteiger partial charge in [-0.1, -0.05) is 39.1 Å². The second-order valence-corrected chi connectivity index (χ2v) is 7.10.